The van der Waals surface area contributed by atoms with Crippen LogP contribution in [0, 0.1) is 5.92 Å². The van der Waals surface area contributed by atoms with Gasteiger partial charge in [-0.2, -0.15) is 0 Å². The number of ether oxygens (including phenoxy) is 1. The molecule has 3 amide bonds. The Morgan fingerprint density at radius 1 is 1.10 bits per heavy atom. The molecular weight excluding hydrogens is 276 g/mol. The highest BCUT2D eigenvalue weighted by Gasteiger charge is 2.14. The minimum Gasteiger partial charge on any atom is -0.481 e. The summed E-state index contributed by atoms with van der Waals surface area (Å²) in [5.74, 6) is -1.73. The number of carboxylic acids is 1. The zero-order valence-electron chi connectivity index (χ0n) is 13.0. The molecule has 21 heavy (non-hydrogen) atoms. The summed E-state index contributed by atoms with van der Waals surface area (Å²) in [5, 5.41) is 13.3. The summed E-state index contributed by atoms with van der Waals surface area (Å²) in [6, 6.07) is -0.549. The van der Waals surface area contributed by atoms with E-state index in [0.717, 1.165) is 12.8 Å². The Morgan fingerprint density at radius 3 is 2.33 bits per heavy atom. The lowest BCUT2D eigenvalue weighted by atomic mass is 10.0. The molecule has 0 aromatic carbocycles. The maximum absolute atomic E-state index is 11.5. The quantitative estimate of drug-likeness (QED) is 0.531. The van der Waals surface area contributed by atoms with Crippen molar-refractivity contribution >= 4 is 17.9 Å². The van der Waals surface area contributed by atoms with Gasteiger partial charge >= 0.3 is 12.0 Å². The molecule has 7 heteroatoms. The molecule has 0 saturated carbocycles. The molecule has 1 unspecified atom stereocenters. The van der Waals surface area contributed by atoms with Crippen LogP contribution in [0.3, 0.4) is 0 Å². The third-order valence-electron chi connectivity index (χ3n) is 2.62. The predicted molar refractivity (Wildman–Crippen MR) is 77.9 cm³/mol. The fraction of sp³-hybridized carbons (Fsp3) is 0.786. The van der Waals surface area contributed by atoms with Gasteiger partial charge in [0, 0.05) is 26.0 Å². The van der Waals surface area contributed by atoms with Crippen LogP contribution < -0.4 is 10.6 Å². The summed E-state index contributed by atoms with van der Waals surface area (Å²) in [4.78, 5) is 33.3. The van der Waals surface area contributed by atoms with Crippen LogP contribution in [0.1, 0.15) is 46.5 Å². The first-order valence-corrected chi connectivity index (χ1v) is 7.22. The van der Waals surface area contributed by atoms with E-state index < -0.39 is 17.9 Å². The first-order valence-electron chi connectivity index (χ1n) is 7.22. The number of carbonyl (C=O) groups excluding carboxylic acids is 2. The normalized spacial score (nSPS) is 12.0. The van der Waals surface area contributed by atoms with Gasteiger partial charge in [0.2, 0.25) is 5.91 Å². The standard InChI is InChI=1S/C14H26N2O5/c1-10(2)21-7-5-4-6-15-14(20)16-12(17)8-11(3)9-13(18)19/h10-11H,4-9H2,1-3H3,(H,18,19)(H2,15,16,17,20). The lowest BCUT2D eigenvalue weighted by Gasteiger charge is -2.10. The van der Waals surface area contributed by atoms with Gasteiger partial charge in [0.25, 0.3) is 0 Å². The molecule has 0 aromatic rings. The summed E-state index contributed by atoms with van der Waals surface area (Å²) in [7, 11) is 0. The highest BCUT2D eigenvalue weighted by molar-refractivity contribution is 5.94. The summed E-state index contributed by atoms with van der Waals surface area (Å²) in [6.45, 7) is 6.68. The van der Waals surface area contributed by atoms with Crippen LogP contribution in [0.4, 0.5) is 4.79 Å². The van der Waals surface area contributed by atoms with Gasteiger partial charge in [0.1, 0.15) is 0 Å². The zero-order valence-corrected chi connectivity index (χ0v) is 13.0. The number of aliphatic carboxylic acids is 1. The molecule has 7 nitrogen and oxygen atoms in total. The van der Waals surface area contributed by atoms with Crippen LogP contribution in [0.25, 0.3) is 0 Å². The van der Waals surface area contributed by atoms with Crippen LogP contribution >= 0.6 is 0 Å². The SMILES string of the molecule is CC(CC(=O)O)CC(=O)NC(=O)NCCCCOC(C)C. The Balaban J connectivity index is 3.64. The van der Waals surface area contributed by atoms with E-state index in [4.69, 9.17) is 9.84 Å². The summed E-state index contributed by atoms with van der Waals surface area (Å²) < 4.78 is 5.36. The highest BCUT2D eigenvalue weighted by atomic mass is 16.5. The zero-order chi connectivity index (χ0) is 16.3. The molecule has 0 spiro atoms. The van der Waals surface area contributed by atoms with E-state index in [1.165, 1.54) is 0 Å². The van der Waals surface area contributed by atoms with Crippen molar-refractivity contribution in [3.8, 4) is 0 Å². The highest BCUT2D eigenvalue weighted by Crippen LogP contribution is 2.06. The average molecular weight is 302 g/mol. The van der Waals surface area contributed by atoms with Gasteiger partial charge in [-0.1, -0.05) is 6.92 Å². The lowest BCUT2D eigenvalue weighted by Crippen LogP contribution is -2.40. The second-order valence-electron chi connectivity index (χ2n) is 5.34. The molecule has 0 aliphatic rings. The van der Waals surface area contributed by atoms with E-state index in [1.54, 1.807) is 6.92 Å². The first-order chi connectivity index (χ1) is 9.81. The number of rotatable bonds is 10. The van der Waals surface area contributed by atoms with Crippen molar-refractivity contribution in [2.45, 2.75) is 52.6 Å². The van der Waals surface area contributed by atoms with Crippen molar-refractivity contribution in [1.29, 1.82) is 0 Å². The van der Waals surface area contributed by atoms with Crippen LogP contribution in [-0.4, -0.2) is 42.3 Å². The van der Waals surface area contributed by atoms with Gasteiger partial charge < -0.3 is 15.2 Å². The van der Waals surface area contributed by atoms with Crippen molar-refractivity contribution in [2.75, 3.05) is 13.2 Å². The molecule has 0 fully saturated rings. The average Bonchev–Trinajstić information content (AvgIpc) is 2.31. The number of unbranched alkanes of at least 4 members (excludes halogenated alkanes) is 1. The Labute approximate surface area is 125 Å². The molecule has 1 atom stereocenters. The number of hydrogen-bond donors (Lipinski definition) is 3. The number of imide groups is 1. The second-order valence-corrected chi connectivity index (χ2v) is 5.34. The maximum atomic E-state index is 11.5. The molecule has 0 rings (SSSR count). The van der Waals surface area contributed by atoms with Crippen molar-refractivity contribution in [1.82, 2.24) is 10.6 Å². The van der Waals surface area contributed by atoms with E-state index in [2.05, 4.69) is 10.6 Å². The van der Waals surface area contributed by atoms with Crippen LogP contribution in [0.15, 0.2) is 0 Å². The van der Waals surface area contributed by atoms with Gasteiger partial charge in [0.15, 0.2) is 0 Å². The molecule has 0 radical (unpaired) electrons. The van der Waals surface area contributed by atoms with Crippen molar-refractivity contribution in [3.05, 3.63) is 0 Å². The van der Waals surface area contributed by atoms with Gasteiger partial charge in [-0.3, -0.25) is 14.9 Å². The molecule has 0 heterocycles. The molecule has 3 N–H and O–H groups in total. The largest absolute Gasteiger partial charge is 0.481 e. The van der Waals surface area contributed by atoms with Gasteiger partial charge in [-0.05, 0) is 32.6 Å². The Hall–Kier alpha value is -1.63. The van der Waals surface area contributed by atoms with E-state index in [9.17, 15) is 14.4 Å². The molecule has 0 bridgehead atoms. The van der Waals surface area contributed by atoms with E-state index >= 15 is 0 Å². The van der Waals surface area contributed by atoms with Crippen molar-refractivity contribution in [3.63, 3.8) is 0 Å². The number of nitrogens with one attached hydrogen (secondary N) is 2. The summed E-state index contributed by atoms with van der Waals surface area (Å²) in [5.41, 5.74) is 0. The van der Waals surface area contributed by atoms with Crippen LogP contribution in [0.5, 0.6) is 0 Å². The topological polar surface area (TPSA) is 105 Å². The van der Waals surface area contributed by atoms with Gasteiger partial charge in [-0.15, -0.1) is 0 Å². The Morgan fingerprint density at radius 2 is 1.76 bits per heavy atom. The predicted octanol–water partition coefficient (Wildman–Crippen LogP) is 1.52. The van der Waals surface area contributed by atoms with Gasteiger partial charge in [-0.25, -0.2) is 4.79 Å². The van der Waals surface area contributed by atoms with Crippen molar-refractivity contribution in [2.24, 2.45) is 5.92 Å². The van der Waals surface area contributed by atoms with Crippen LogP contribution in [-0.2, 0) is 14.3 Å². The van der Waals surface area contributed by atoms with E-state index in [1.807, 2.05) is 13.8 Å². The maximum Gasteiger partial charge on any atom is 0.321 e. The van der Waals surface area contributed by atoms with E-state index in [-0.39, 0.29) is 24.9 Å². The third kappa shape index (κ3) is 13.1. The monoisotopic (exact) mass is 302 g/mol. The third-order valence-corrected chi connectivity index (χ3v) is 2.62. The fourth-order valence-electron chi connectivity index (χ4n) is 1.66. The minimum absolute atomic E-state index is 0.0158. The molecular formula is C14H26N2O5. The minimum atomic E-state index is -0.955. The number of urea groups is 1. The van der Waals surface area contributed by atoms with Crippen molar-refractivity contribution < 1.29 is 24.2 Å². The molecule has 122 valence electrons. The summed E-state index contributed by atoms with van der Waals surface area (Å²) >= 11 is 0. The number of carboxylic acid groups (broad SMARTS) is 1. The smallest absolute Gasteiger partial charge is 0.321 e. The molecule has 0 aliphatic carbocycles. The Kier molecular flexibility index (Phi) is 10.2. The number of amides is 3. The van der Waals surface area contributed by atoms with Gasteiger partial charge in [0.05, 0.1) is 6.10 Å². The number of hydrogen-bond acceptors (Lipinski definition) is 4. The Bertz CT molecular complexity index is 344. The van der Waals surface area contributed by atoms with Crippen LogP contribution in [0.2, 0.25) is 0 Å². The summed E-state index contributed by atoms with van der Waals surface area (Å²) in [6.07, 6.45) is 1.73. The fourth-order valence-corrected chi connectivity index (χ4v) is 1.66. The molecule has 0 saturated heterocycles. The second kappa shape index (κ2) is 11.1. The lowest BCUT2D eigenvalue weighted by molar-refractivity contribution is -0.138. The first kappa shape index (κ1) is 19.4. The number of carbonyl (C=O) groups is 3. The molecule has 0 aromatic heterocycles. The van der Waals surface area contributed by atoms with E-state index in [0.29, 0.717) is 13.2 Å². The molecule has 0 aliphatic heterocycles.